The Bertz CT molecular complexity index is 343. The maximum absolute atomic E-state index is 11.0. The van der Waals surface area contributed by atoms with Gasteiger partial charge in [-0.2, -0.15) is 4.37 Å². The molecule has 0 amide bonds. The zero-order valence-electron chi connectivity index (χ0n) is 8.16. The molecule has 82 valence electrons. The number of hydrogen-bond donors (Lipinski definition) is 1. The lowest BCUT2D eigenvalue weighted by atomic mass is 10.2. The number of rotatable bonds is 3. The van der Waals surface area contributed by atoms with Crippen molar-refractivity contribution in [2.75, 3.05) is 18.6 Å². The fraction of sp³-hybridized carbons (Fsp3) is 0.625. The van der Waals surface area contributed by atoms with Gasteiger partial charge in [0.1, 0.15) is 12.4 Å². The molecule has 2 rings (SSSR count). The molecule has 1 N–H and O–H groups in total. The minimum absolute atomic E-state index is 0.0463. The Morgan fingerprint density at radius 1 is 1.80 bits per heavy atom. The topological polar surface area (TPSA) is 75.6 Å². The van der Waals surface area contributed by atoms with Crippen LogP contribution in [-0.2, 0) is 9.53 Å². The van der Waals surface area contributed by atoms with Crippen molar-refractivity contribution < 1.29 is 14.6 Å². The van der Waals surface area contributed by atoms with E-state index in [1.54, 1.807) is 12.0 Å². The second-order valence-corrected chi connectivity index (χ2v) is 4.08. The van der Waals surface area contributed by atoms with E-state index in [9.17, 15) is 4.79 Å². The van der Waals surface area contributed by atoms with E-state index in [0.717, 1.165) is 0 Å². The van der Waals surface area contributed by atoms with Crippen LogP contribution >= 0.6 is 11.5 Å². The normalized spacial score (nSPS) is 25.8. The number of aromatic nitrogens is 2. The molecule has 0 aromatic carbocycles. The van der Waals surface area contributed by atoms with Crippen molar-refractivity contribution in [3.63, 3.8) is 0 Å². The number of carboxylic acids is 1. The Morgan fingerprint density at radius 2 is 2.60 bits per heavy atom. The van der Waals surface area contributed by atoms with Crippen LogP contribution in [0.25, 0.3) is 0 Å². The van der Waals surface area contributed by atoms with E-state index in [1.165, 1.54) is 17.9 Å². The molecule has 0 spiro atoms. The van der Waals surface area contributed by atoms with Crippen LogP contribution < -0.4 is 4.90 Å². The van der Waals surface area contributed by atoms with Gasteiger partial charge in [-0.15, -0.1) is 0 Å². The highest BCUT2D eigenvalue weighted by Crippen LogP contribution is 2.27. The number of aliphatic carboxylic acids is 1. The van der Waals surface area contributed by atoms with Crippen LogP contribution in [-0.4, -0.2) is 46.2 Å². The number of methoxy groups -OCH3 is 1. The summed E-state index contributed by atoms with van der Waals surface area (Å²) in [5.74, 6) is -0.843. The molecule has 0 aliphatic carbocycles. The Morgan fingerprint density at radius 3 is 3.13 bits per heavy atom. The zero-order chi connectivity index (χ0) is 10.8. The molecule has 1 saturated heterocycles. The summed E-state index contributed by atoms with van der Waals surface area (Å²) in [5, 5.41) is 9.70. The van der Waals surface area contributed by atoms with Gasteiger partial charge >= 0.3 is 5.97 Å². The third-order valence-electron chi connectivity index (χ3n) is 2.48. The van der Waals surface area contributed by atoms with Gasteiger partial charge in [-0.05, 0) is 0 Å². The number of anilines is 1. The van der Waals surface area contributed by atoms with Crippen molar-refractivity contribution in [3.05, 3.63) is 6.33 Å². The van der Waals surface area contributed by atoms with Gasteiger partial charge < -0.3 is 14.7 Å². The Balaban J connectivity index is 2.19. The number of carboxylic acid groups (broad SMARTS) is 1. The molecule has 2 atom stereocenters. The predicted molar refractivity (Wildman–Crippen MR) is 54.1 cm³/mol. The number of carbonyl (C=O) groups is 1. The van der Waals surface area contributed by atoms with Crippen LogP contribution in [0.2, 0.25) is 0 Å². The van der Waals surface area contributed by atoms with Crippen LogP contribution in [0.4, 0.5) is 5.13 Å². The monoisotopic (exact) mass is 229 g/mol. The van der Waals surface area contributed by atoms with Gasteiger partial charge in [0.25, 0.3) is 0 Å². The molecule has 7 heteroatoms. The van der Waals surface area contributed by atoms with Crippen molar-refractivity contribution in [1.29, 1.82) is 0 Å². The molecule has 0 bridgehead atoms. The molecule has 6 nitrogen and oxygen atoms in total. The van der Waals surface area contributed by atoms with E-state index >= 15 is 0 Å². The first-order valence-electron chi connectivity index (χ1n) is 4.51. The summed E-state index contributed by atoms with van der Waals surface area (Å²) in [6, 6.07) is -0.553. The number of ether oxygens (including phenoxy) is 1. The third kappa shape index (κ3) is 1.93. The molecule has 1 aromatic rings. The molecular weight excluding hydrogens is 218 g/mol. The zero-order valence-corrected chi connectivity index (χ0v) is 8.98. The lowest BCUT2D eigenvalue weighted by Crippen LogP contribution is -2.35. The highest BCUT2D eigenvalue weighted by atomic mass is 32.1. The van der Waals surface area contributed by atoms with Crippen LogP contribution in [0.3, 0.4) is 0 Å². The number of nitrogens with zero attached hydrogens (tertiary/aromatic N) is 3. The van der Waals surface area contributed by atoms with E-state index in [1.807, 2.05) is 0 Å². The molecule has 15 heavy (non-hydrogen) atoms. The Hall–Kier alpha value is -1.21. The lowest BCUT2D eigenvalue weighted by molar-refractivity contribution is -0.138. The van der Waals surface area contributed by atoms with Crippen LogP contribution in [0.1, 0.15) is 6.42 Å². The maximum Gasteiger partial charge on any atom is 0.326 e. The minimum Gasteiger partial charge on any atom is -0.480 e. The quantitative estimate of drug-likeness (QED) is 0.799. The SMILES string of the molecule is COC1CC(C(=O)O)N(c2ncns2)C1. The largest absolute Gasteiger partial charge is 0.480 e. The Kier molecular flexibility index (Phi) is 2.83. The van der Waals surface area contributed by atoms with Crippen molar-refractivity contribution in [2.45, 2.75) is 18.6 Å². The first kappa shape index (κ1) is 10.3. The van der Waals surface area contributed by atoms with Gasteiger partial charge in [0, 0.05) is 31.6 Å². The maximum atomic E-state index is 11.0. The van der Waals surface area contributed by atoms with Gasteiger partial charge in [0.2, 0.25) is 5.13 Å². The summed E-state index contributed by atoms with van der Waals surface area (Å²) in [7, 11) is 1.59. The molecule has 1 fully saturated rings. The molecule has 0 saturated carbocycles. The molecular formula is C8H11N3O3S. The molecule has 1 aromatic heterocycles. The first-order chi connectivity index (χ1) is 7.22. The van der Waals surface area contributed by atoms with Gasteiger partial charge in [-0.1, -0.05) is 0 Å². The van der Waals surface area contributed by atoms with E-state index < -0.39 is 12.0 Å². The van der Waals surface area contributed by atoms with Gasteiger partial charge in [-0.25, -0.2) is 9.78 Å². The van der Waals surface area contributed by atoms with Crippen LogP contribution in [0.5, 0.6) is 0 Å². The second-order valence-electron chi connectivity index (χ2n) is 3.32. The summed E-state index contributed by atoms with van der Waals surface area (Å²) in [6.07, 6.45) is 1.87. The van der Waals surface area contributed by atoms with Crippen LogP contribution in [0, 0.1) is 0 Å². The predicted octanol–water partition coefficient (Wildman–Crippen LogP) is 0.216. The Labute approximate surface area is 90.7 Å². The fourth-order valence-electron chi connectivity index (χ4n) is 1.71. The van der Waals surface area contributed by atoms with E-state index in [2.05, 4.69) is 9.36 Å². The molecule has 0 radical (unpaired) electrons. The minimum atomic E-state index is -0.843. The number of hydrogen-bond acceptors (Lipinski definition) is 6. The third-order valence-corrected chi connectivity index (χ3v) is 3.18. The highest BCUT2D eigenvalue weighted by Gasteiger charge is 2.38. The summed E-state index contributed by atoms with van der Waals surface area (Å²) >= 11 is 1.20. The summed E-state index contributed by atoms with van der Waals surface area (Å²) in [4.78, 5) is 16.8. The standard InChI is InChI=1S/C8H11N3O3S/c1-14-5-2-6(7(12)13)11(3-5)8-9-4-10-15-8/h4-6H,2-3H2,1H3,(H,12,13). The van der Waals surface area contributed by atoms with E-state index in [4.69, 9.17) is 9.84 Å². The van der Waals surface area contributed by atoms with Crippen LogP contribution in [0.15, 0.2) is 6.33 Å². The summed E-state index contributed by atoms with van der Waals surface area (Å²) in [5.41, 5.74) is 0. The molecule has 1 aliphatic heterocycles. The van der Waals surface area contributed by atoms with Crippen molar-refractivity contribution in [3.8, 4) is 0 Å². The van der Waals surface area contributed by atoms with Crippen molar-refractivity contribution >= 4 is 22.6 Å². The second kappa shape index (κ2) is 4.11. The summed E-state index contributed by atoms with van der Waals surface area (Å²) in [6.45, 7) is 0.558. The molecule has 2 heterocycles. The van der Waals surface area contributed by atoms with Crippen molar-refractivity contribution in [1.82, 2.24) is 9.36 Å². The smallest absolute Gasteiger partial charge is 0.326 e. The van der Waals surface area contributed by atoms with E-state index in [-0.39, 0.29) is 6.10 Å². The average molecular weight is 229 g/mol. The van der Waals surface area contributed by atoms with Crippen molar-refractivity contribution in [2.24, 2.45) is 0 Å². The van der Waals surface area contributed by atoms with E-state index in [0.29, 0.717) is 18.1 Å². The van der Waals surface area contributed by atoms with Gasteiger partial charge in [0.15, 0.2) is 0 Å². The average Bonchev–Trinajstić information content (AvgIpc) is 2.86. The first-order valence-corrected chi connectivity index (χ1v) is 5.28. The summed E-state index contributed by atoms with van der Waals surface area (Å²) < 4.78 is 9.04. The molecule has 1 aliphatic rings. The molecule has 2 unspecified atom stereocenters. The fourth-order valence-corrected chi connectivity index (χ4v) is 2.30. The van der Waals surface area contributed by atoms with Gasteiger partial charge in [0.05, 0.1) is 6.10 Å². The van der Waals surface area contributed by atoms with Gasteiger partial charge in [-0.3, -0.25) is 0 Å². The highest BCUT2D eigenvalue weighted by molar-refractivity contribution is 7.09. The lowest BCUT2D eigenvalue weighted by Gasteiger charge is -2.18.